The largest absolute Gasteiger partial charge is 0.355 e. The topological polar surface area (TPSA) is 75.4 Å². The minimum atomic E-state index is -0.637. The highest BCUT2D eigenvalue weighted by Gasteiger charge is 2.29. The molecule has 0 aromatic heterocycles. The van der Waals surface area contributed by atoms with Crippen LogP contribution < -0.4 is 11.1 Å². The zero-order chi connectivity index (χ0) is 20.1. The number of nitrogens with zero attached hydrogens (tertiary/aromatic N) is 1. The number of carbonyl (C=O) groups is 2. The normalized spacial score (nSPS) is 16.7. The van der Waals surface area contributed by atoms with Crippen molar-refractivity contribution in [3.05, 3.63) is 59.7 Å². The predicted molar refractivity (Wildman–Crippen MR) is 102 cm³/mol. The van der Waals surface area contributed by atoms with E-state index in [0.717, 1.165) is 0 Å². The highest BCUT2D eigenvalue weighted by molar-refractivity contribution is 5.95. The van der Waals surface area contributed by atoms with Crippen LogP contribution in [0.25, 0.3) is 11.1 Å². The fourth-order valence-corrected chi connectivity index (χ4v) is 3.40. The SMILES string of the molecule is NCCNC(=O)C1CCCN(C(=O)c2ccc(-c3ccc(F)cc3)cc2F)C1. The lowest BCUT2D eigenvalue weighted by molar-refractivity contribution is -0.126. The molecule has 0 radical (unpaired) electrons. The number of halogens is 2. The van der Waals surface area contributed by atoms with Crippen molar-refractivity contribution < 1.29 is 18.4 Å². The first-order valence-electron chi connectivity index (χ1n) is 9.32. The van der Waals surface area contributed by atoms with Crippen molar-refractivity contribution in [1.29, 1.82) is 0 Å². The highest BCUT2D eigenvalue weighted by Crippen LogP contribution is 2.25. The lowest BCUT2D eigenvalue weighted by Crippen LogP contribution is -2.46. The summed E-state index contributed by atoms with van der Waals surface area (Å²) in [6.07, 6.45) is 1.37. The van der Waals surface area contributed by atoms with Crippen molar-refractivity contribution >= 4 is 11.8 Å². The van der Waals surface area contributed by atoms with E-state index in [4.69, 9.17) is 5.73 Å². The molecule has 28 heavy (non-hydrogen) atoms. The summed E-state index contributed by atoms with van der Waals surface area (Å²) in [6.45, 7) is 1.49. The summed E-state index contributed by atoms with van der Waals surface area (Å²) < 4.78 is 27.7. The molecule has 0 spiro atoms. The molecule has 0 aliphatic carbocycles. The minimum absolute atomic E-state index is 0.0334. The molecule has 3 rings (SSSR count). The van der Waals surface area contributed by atoms with Crippen LogP contribution in [0.15, 0.2) is 42.5 Å². The third-order valence-electron chi connectivity index (χ3n) is 4.90. The monoisotopic (exact) mass is 387 g/mol. The third-order valence-corrected chi connectivity index (χ3v) is 4.90. The number of benzene rings is 2. The van der Waals surface area contributed by atoms with E-state index in [2.05, 4.69) is 5.32 Å². The van der Waals surface area contributed by atoms with E-state index in [9.17, 15) is 18.4 Å². The van der Waals surface area contributed by atoms with Gasteiger partial charge in [0.2, 0.25) is 5.91 Å². The second kappa shape index (κ2) is 8.93. The van der Waals surface area contributed by atoms with Crippen LogP contribution in [0.3, 0.4) is 0 Å². The molecule has 1 fully saturated rings. The Balaban J connectivity index is 1.73. The quantitative estimate of drug-likeness (QED) is 0.828. The van der Waals surface area contributed by atoms with Gasteiger partial charge in [-0.05, 0) is 48.2 Å². The summed E-state index contributed by atoms with van der Waals surface area (Å²) in [6, 6.07) is 10.1. The second-order valence-electron chi connectivity index (χ2n) is 6.87. The van der Waals surface area contributed by atoms with E-state index in [-0.39, 0.29) is 29.8 Å². The standard InChI is InChI=1S/C21H23F2N3O2/c22-17-6-3-14(4-7-17)15-5-8-18(19(23)12-15)21(28)26-11-1-2-16(13-26)20(27)25-10-9-24/h3-8,12,16H,1-2,9-11,13,24H2,(H,25,27). The molecule has 7 heteroatoms. The predicted octanol–water partition coefficient (Wildman–Crippen LogP) is 2.56. The van der Waals surface area contributed by atoms with Crippen LogP contribution >= 0.6 is 0 Å². The Bertz CT molecular complexity index is 855. The Labute approximate surface area is 162 Å². The average Bonchev–Trinajstić information content (AvgIpc) is 2.72. The Kier molecular flexibility index (Phi) is 6.36. The molecule has 1 heterocycles. The minimum Gasteiger partial charge on any atom is -0.355 e. The summed E-state index contributed by atoms with van der Waals surface area (Å²) in [5.74, 6) is -1.88. The van der Waals surface area contributed by atoms with Crippen molar-refractivity contribution in [3.8, 4) is 11.1 Å². The maximum atomic E-state index is 14.6. The van der Waals surface area contributed by atoms with Crippen LogP contribution in [0.4, 0.5) is 8.78 Å². The van der Waals surface area contributed by atoms with Crippen molar-refractivity contribution in [3.63, 3.8) is 0 Å². The molecule has 1 aliphatic rings. The summed E-state index contributed by atoms with van der Waals surface area (Å²) in [5, 5.41) is 2.74. The number of hydrogen-bond donors (Lipinski definition) is 2. The molecule has 3 N–H and O–H groups in total. The summed E-state index contributed by atoms with van der Waals surface area (Å²) in [5.41, 5.74) is 6.59. The van der Waals surface area contributed by atoms with Gasteiger partial charge in [0.25, 0.3) is 5.91 Å². The molecule has 2 aromatic carbocycles. The van der Waals surface area contributed by atoms with Gasteiger partial charge < -0.3 is 16.0 Å². The number of nitrogens with two attached hydrogens (primary N) is 1. The number of piperidine rings is 1. The van der Waals surface area contributed by atoms with Gasteiger partial charge in [-0.15, -0.1) is 0 Å². The first-order chi connectivity index (χ1) is 13.5. The van der Waals surface area contributed by atoms with E-state index in [1.54, 1.807) is 18.2 Å². The molecule has 0 saturated carbocycles. The molecule has 0 bridgehead atoms. The molecule has 1 unspecified atom stereocenters. The molecule has 148 valence electrons. The second-order valence-corrected chi connectivity index (χ2v) is 6.87. The van der Waals surface area contributed by atoms with E-state index < -0.39 is 11.7 Å². The number of nitrogens with one attached hydrogen (secondary N) is 1. The number of amides is 2. The van der Waals surface area contributed by atoms with Crippen molar-refractivity contribution in [1.82, 2.24) is 10.2 Å². The highest BCUT2D eigenvalue weighted by atomic mass is 19.1. The van der Waals surface area contributed by atoms with Crippen molar-refractivity contribution in [2.75, 3.05) is 26.2 Å². The third kappa shape index (κ3) is 4.54. The average molecular weight is 387 g/mol. The molecular formula is C21H23F2N3O2. The Hall–Kier alpha value is -2.80. The first-order valence-corrected chi connectivity index (χ1v) is 9.32. The van der Waals surface area contributed by atoms with E-state index in [0.29, 0.717) is 43.6 Å². The molecule has 1 aliphatic heterocycles. The number of rotatable bonds is 5. The fourth-order valence-electron chi connectivity index (χ4n) is 3.40. The maximum Gasteiger partial charge on any atom is 0.256 e. The Morgan fingerprint density at radius 2 is 1.82 bits per heavy atom. The Morgan fingerprint density at radius 3 is 2.50 bits per heavy atom. The van der Waals surface area contributed by atoms with E-state index >= 15 is 0 Å². The van der Waals surface area contributed by atoms with Crippen LogP contribution in [0.2, 0.25) is 0 Å². The Morgan fingerprint density at radius 1 is 1.11 bits per heavy atom. The van der Waals surface area contributed by atoms with Gasteiger partial charge in [0, 0.05) is 26.2 Å². The lowest BCUT2D eigenvalue weighted by atomic mass is 9.96. The number of likely N-dealkylation sites (tertiary alicyclic amines) is 1. The van der Waals surface area contributed by atoms with Gasteiger partial charge in [-0.2, -0.15) is 0 Å². The van der Waals surface area contributed by atoms with E-state index in [1.807, 2.05) is 0 Å². The zero-order valence-corrected chi connectivity index (χ0v) is 15.5. The van der Waals surface area contributed by atoms with Gasteiger partial charge in [-0.3, -0.25) is 9.59 Å². The number of hydrogen-bond acceptors (Lipinski definition) is 3. The van der Waals surface area contributed by atoms with Gasteiger partial charge in [0.05, 0.1) is 11.5 Å². The molecule has 2 amide bonds. The van der Waals surface area contributed by atoms with Gasteiger partial charge in [-0.1, -0.05) is 18.2 Å². The molecular weight excluding hydrogens is 364 g/mol. The zero-order valence-electron chi connectivity index (χ0n) is 15.5. The molecule has 1 atom stereocenters. The van der Waals surface area contributed by atoms with Crippen LogP contribution in [0.5, 0.6) is 0 Å². The van der Waals surface area contributed by atoms with Gasteiger partial charge in [0.15, 0.2) is 0 Å². The number of carbonyl (C=O) groups excluding carboxylic acids is 2. The van der Waals surface area contributed by atoms with E-state index in [1.165, 1.54) is 29.2 Å². The maximum absolute atomic E-state index is 14.6. The van der Waals surface area contributed by atoms with Crippen molar-refractivity contribution in [2.45, 2.75) is 12.8 Å². The summed E-state index contributed by atoms with van der Waals surface area (Å²) in [7, 11) is 0. The first kappa shape index (κ1) is 19.9. The molecule has 1 saturated heterocycles. The fraction of sp³-hybridized carbons (Fsp3) is 0.333. The van der Waals surface area contributed by atoms with Crippen LogP contribution in [-0.4, -0.2) is 42.9 Å². The molecule has 2 aromatic rings. The summed E-state index contributed by atoms with van der Waals surface area (Å²) >= 11 is 0. The van der Waals surface area contributed by atoms with Gasteiger partial charge in [0.1, 0.15) is 11.6 Å². The van der Waals surface area contributed by atoms with Crippen LogP contribution in [0.1, 0.15) is 23.2 Å². The van der Waals surface area contributed by atoms with Gasteiger partial charge in [-0.25, -0.2) is 8.78 Å². The molecule has 5 nitrogen and oxygen atoms in total. The van der Waals surface area contributed by atoms with Crippen LogP contribution in [0, 0.1) is 17.6 Å². The summed E-state index contributed by atoms with van der Waals surface area (Å²) in [4.78, 5) is 26.4. The van der Waals surface area contributed by atoms with Gasteiger partial charge >= 0.3 is 0 Å². The van der Waals surface area contributed by atoms with Crippen molar-refractivity contribution in [2.24, 2.45) is 11.7 Å². The lowest BCUT2D eigenvalue weighted by Gasteiger charge is -2.32. The smallest absolute Gasteiger partial charge is 0.256 e. The van der Waals surface area contributed by atoms with Crippen LogP contribution in [-0.2, 0) is 4.79 Å².